The lowest BCUT2D eigenvalue weighted by Crippen LogP contribution is -2.45. The molecule has 0 bridgehead atoms. The second-order valence-corrected chi connectivity index (χ2v) is 27.7. The number of nitrogens with one attached hydrogen (secondary N) is 1. The molecule has 1 amide bonds. The number of allylic oxidation sites excluding steroid dienone is 4. The molecular formula is C81H157NO5. The number of carbonyl (C=O) groups is 2. The molecule has 87 heavy (non-hydrogen) atoms. The van der Waals surface area contributed by atoms with Crippen molar-refractivity contribution in [1.29, 1.82) is 0 Å². The maximum Gasteiger partial charge on any atom is 0.305 e. The maximum atomic E-state index is 12.6. The summed E-state index contributed by atoms with van der Waals surface area (Å²) >= 11 is 0. The van der Waals surface area contributed by atoms with Crippen LogP contribution >= 0.6 is 0 Å². The average Bonchev–Trinajstić information content (AvgIpc) is 3.53. The third-order valence-corrected chi connectivity index (χ3v) is 19.0. The van der Waals surface area contributed by atoms with Crippen LogP contribution < -0.4 is 5.32 Å². The van der Waals surface area contributed by atoms with Gasteiger partial charge in [-0.2, -0.15) is 0 Å². The second-order valence-electron chi connectivity index (χ2n) is 27.7. The molecule has 6 nitrogen and oxygen atoms in total. The van der Waals surface area contributed by atoms with Gasteiger partial charge in [-0.1, -0.05) is 391 Å². The number of hydrogen-bond acceptors (Lipinski definition) is 5. The molecule has 0 aliphatic rings. The summed E-state index contributed by atoms with van der Waals surface area (Å²) in [6.07, 6.45) is 98.4. The normalized spacial score (nSPS) is 12.6. The van der Waals surface area contributed by atoms with Crippen molar-refractivity contribution in [3.8, 4) is 0 Å². The molecule has 0 aliphatic heterocycles. The van der Waals surface area contributed by atoms with E-state index >= 15 is 0 Å². The fraction of sp³-hybridized carbons (Fsp3) is 0.926. The fourth-order valence-electron chi connectivity index (χ4n) is 12.9. The van der Waals surface area contributed by atoms with Crippen LogP contribution in [0, 0.1) is 0 Å². The number of amides is 1. The minimum absolute atomic E-state index is 0.0108. The van der Waals surface area contributed by atoms with E-state index in [2.05, 4.69) is 43.5 Å². The van der Waals surface area contributed by atoms with Crippen LogP contribution in [-0.4, -0.2) is 47.4 Å². The SMILES string of the molecule is CCCCCCCC/C=C\CCCCCCCC(=O)OCCCCCCCCCCCCCC/C=C\CCCCCCCCCCCCCCCCCC(=O)NC(CO)C(O)CCCCCCCCCCCCCCCCCCCCCCCCCC. The van der Waals surface area contributed by atoms with Crippen molar-refractivity contribution in [2.45, 2.75) is 469 Å². The molecule has 0 spiro atoms. The second kappa shape index (κ2) is 76.8. The standard InChI is InChI=1S/C81H157NO5/c1-3-5-7-9-11-13-15-17-19-20-21-22-23-33-36-39-42-46-49-53-57-61-65-69-73-79(84)78(77-83)82-80(85)74-70-66-62-58-54-50-47-43-40-37-34-31-29-27-25-24-26-28-30-32-35-38-41-44-48-52-56-60-64-68-72-76-87-81(86)75-71-67-63-59-55-51-45-18-16-14-12-10-8-6-4-2/h18,26,28,45,78-79,83-84H,3-17,19-25,27,29-44,46-77H2,1-2H3,(H,82,85)/b28-26-,45-18-. The lowest BCUT2D eigenvalue weighted by molar-refractivity contribution is -0.143. The molecule has 516 valence electrons. The molecule has 3 N–H and O–H groups in total. The Morgan fingerprint density at radius 2 is 0.540 bits per heavy atom. The van der Waals surface area contributed by atoms with Gasteiger partial charge in [-0.15, -0.1) is 0 Å². The van der Waals surface area contributed by atoms with E-state index in [1.807, 2.05) is 0 Å². The Balaban J connectivity index is 3.36. The smallest absolute Gasteiger partial charge is 0.305 e. The Labute approximate surface area is 545 Å². The summed E-state index contributed by atoms with van der Waals surface area (Å²) in [6, 6.07) is -0.541. The first-order valence-corrected chi connectivity index (χ1v) is 40.1. The van der Waals surface area contributed by atoms with Gasteiger partial charge in [-0.3, -0.25) is 9.59 Å². The van der Waals surface area contributed by atoms with Crippen molar-refractivity contribution in [2.75, 3.05) is 13.2 Å². The summed E-state index contributed by atoms with van der Waals surface area (Å²) in [5.74, 6) is -0.0163. The van der Waals surface area contributed by atoms with Crippen molar-refractivity contribution < 1.29 is 24.5 Å². The van der Waals surface area contributed by atoms with Gasteiger partial charge in [0.2, 0.25) is 5.91 Å². The minimum atomic E-state index is -0.664. The zero-order valence-corrected chi connectivity index (χ0v) is 59.3. The summed E-state index contributed by atoms with van der Waals surface area (Å²) in [7, 11) is 0. The number of aliphatic hydroxyl groups is 2. The van der Waals surface area contributed by atoms with E-state index in [4.69, 9.17) is 4.74 Å². The van der Waals surface area contributed by atoms with Crippen LogP contribution in [0.4, 0.5) is 0 Å². The third kappa shape index (κ3) is 73.3. The first-order valence-electron chi connectivity index (χ1n) is 40.1. The van der Waals surface area contributed by atoms with Crippen LogP contribution in [0.3, 0.4) is 0 Å². The van der Waals surface area contributed by atoms with Crippen molar-refractivity contribution in [3.63, 3.8) is 0 Å². The number of carbonyl (C=O) groups excluding carboxylic acids is 2. The van der Waals surface area contributed by atoms with Gasteiger partial charge < -0.3 is 20.3 Å². The van der Waals surface area contributed by atoms with Crippen LogP contribution in [0.2, 0.25) is 0 Å². The van der Waals surface area contributed by atoms with Crippen molar-refractivity contribution in [3.05, 3.63) is 24.3 Å². The molecule has 0 aliphatic carbocycles. The largest absolute Gasteiger partial charge is 0.466 e. The van der Waals surface area contributed by atoms with E-state index in [0.717, 1.165) is 44.9 Å². The Kier molecular flexibility index (Phi) is 75.3. The highest BCUT2D eigenvalue weighted by Gasteiger charge is 2.20. The first kappa shape index (κ1) is 85.3. The average molecular weight is 1230 g/mol. The Morgan fingerprint density at radius 1 is 0.310 bits per heavy atom. The molecule has 6 heteroatoms. The van der Waals surface area contributed by atoms with Gasteiger partial charge in [0, 0.05) is 12.8 Å². The Morgan fingerprint density at radius 3 is 0.816 bits per heavy atom. The number of ether oxygens (including phenoxy) is 1. The van der Waals surface area contributed by atoms with Crippen LogP contribution in [-0.2, 0) is 14.3 Å². The van der Waals surface area contributed by atoms with E-state index in [1.54, 1.807) is 0 Å². The highest BCUT2D eigenvalue weighted by molar-refractivity contribution is 5.76. The number of aliphatic hydroxyl groups excluding tert-OH is 2. The van der Waals surface area contributed by atoms with Gasteiger partial charge in [-0.05, 0) is 77.0 Å². The number of esters is 1. The summed E-state index contributed by atoms with van der Waals surface area (Å²) < 4.78 is 5.50. The first-order chi connectivity index (χ1) is 43.0. The quantitative estimate of drug-likeness (QED) is 0.0320. The van der Waals surface area contributed by atoms with Gasteiger partial charge in [-0.25, -0.2) is 0 Å². The monoisotopic (exact) mass is 1220 g/mol. The molecule has 0 radical (unpaired) electrons. The molecule has 0 aromatic carbocycles. The predicted molar refractivity (Wildman–Crippen MR) is 384 cm³/mol. The lowest BCUT2D eigenvalue weighted by atomic mass is 10.0. The topological polar surface area (TPSA) is 95.9 Å². The number of hydrogen-bond donors (Lipinski definition) is 3. The van der Waals surface area contributed by atoms with E-state index in [1.165, 1.54) is 379 Å². The summed E-state index contributed by atoms with van der Waals surface area (Å²) in [5.41, 5.74) is 0. The number of rotatable bonds is 76. The van der Waals surface area contributed by atoms with Gasteiger partial charge >= 0.3 is 5.97 Å². The summed E-state index contributed by atoms with van der Waals surface area (Å²) in [6.45, 7) is 5.00. The zero-order chi connectivity index (χ0) is 62.8. The molecule has 0 saturated heterocycles. The van der Waals surface area contributed by atoms with Crippen molar-refractivity contribution in [1.82, 2.24) is 5.32 Å². The molecule has 0 rings (SSSR count). The van der Waals surface area contributed by atoms with E-state index in [-0.39, 0.29) is 18.5 Å². The fourth-order valence-corrected chi connectivity index (χ4v) is 12.9. The molecule has 0 fully saturated rings. The highest BCUT2D eigenvalue weighted by atomic mass is 16.5. The molecule has 2 atom stereocenters. The van der Waals surface area contributed by atoms with Gasteiger partial charge in [0.1, 0.15) is 0 Å². The Bertz CT molecular complexity index is 1360. The predicted octanol–water partition coefficient (Wildman–Crippen LogP) is 26.4. The van der Waals surface area contributed by atoms with Crippen molar-refractivity contribution in [2.24, 2.45) is 0 Å². The number of unbranched alkanes of at least 4 members (excludes halogenated alkanes) is 61. The zero-order valence-electron chi connectivity index (χ0n) is 59.3. The molecule has 0 aromatic rings. The molecule has 0 heterocycles. The van der Waals surface area contributed by atoms with Crippen LogP contribution in [0.1, 0.15) is 457 Å². The third-order valence-electron chi connectivity index (χ3n) is 19.0. The summed E-state index contributed by atoms with van der Waals surface area (Å²) in [5, 5.41) is 23.5. The van der Waals surface area contributed by atoms with Gasteiger partial charge in [0.15, 0.2) is 0 Å². The van der Waals surface area contributed by atoms with Crippen LogP contribution in [0.15, 0.2) is 24.3 Å². The molecule has 0 saturated carbocycles. The highest BCUT2D eigenvalue weighted by Crippen LogP contribution is 2.20. The van der Waals surface area contributed by atoms with E-state index < -0.39 is 12.1 Å². The molecule has 2 unspecified atom stereocenters. The molecule has 0 aromatic heterocycles. The molecular weight excluding hydrogens is 1070 g/mol. The van der Waals surface area contributed by atoms with Gasteiger partial charge in [0.05, 0.1) is 25.4 Å². The maximum absolute atomic E-state index is 12.6. The van der Waals surface area contributed by atoms with E-state index in [9.17, 15) is 19.8 Å². The van der Waals surface area contributed by atoms with Crippen molar-refractivity contribution >= 4 is 11.9 Å². The van der Waals surface area contributed by atoms with Gasteiger partial charge in [0.25, 0.3) is 0 Å². The summed E-state index contributed by atoms with van der Waals surface area (Å²) in [4.78, 5) is 24.7. The van der Waals surface area contributed by atoms with Crippen LogP contribution in [0.5, 0.6) is 0 Å². The lowest BCUT2D eigenvalue weighted by Gasteiger charge is -2.22. The van der Waals surface area contributed by atoms with E-state index in [0.29, 0.717) is 25.9 Å². The Hall–Kier alpha value is -1.66. The minimum Gasteiger partial charge on any atom is -0.466 e. The van der Waals surface area contributed by atoms with Crippen LogP contribution in [0.25, 0.3) is 0 Å².